The van der Waals surface area contributed by atoms with Crippen LogP contribution < -0.4 is 10.5 Å². The molecule has 1 aromatic carbocycles. The molecule has 20 heavy (non-hydrogen) atoms. The van der Waals surface area contributed by atoms with Gasteiger partial charge in [0.05, 0.1) is 6.54 Å². The first kappa shape index (κ1) is 16.7. The highest BCUT2D eigenvalue weighted by Crippen LogP contribution is 2.05. The fourth-order valence-electron chi connectivity index (χ4n) is 1.69. The normalized spacial score (nSPS) is 11.2. The van der Waals surface area contributed by atoms with E-state index in [-0.39, 0.29) is 6.54 Å². The number of rotatable bonds is 6. The molecule has 0 aliphatic heterocycles. The van der Waals surface area contributed by atoms with Gasteiger partial charge in [-0.15, -0.1) is 0 Å². The van der Waals surface area contributed by atoms with E-state index in [1.165, 1.54) is 4.31 Å². The summed E-state index contributed by atoms with van der Waals surface area (Å²) in [6.45, 7) is 5.13. The van der Waals surface area contributed by atoms with E-state index in [1.54, 1.807) is 0 Å². The van der Waals surface area contributed by atoms with Crippen LogP contribution in [0.3, 0.4) is 0 Å². The molecule has 0 spiro atoms. The molecule has 0 unspecified atom stereocenters. The largest absolute Gasteiger partial charge is 0.320 e. The highest BCUT2D eigenvalue weighted by molar-refractivity contribution is 7.87. The molecule has 5 nitrogen and oxygen atoms in total. The Morgan fingerprint density at radius 3 is 2.30 bits per heavy atom. The average Bonchev–Trinajstić information content (AvgIpc) is 2.45. The van der Waals surface area contributed by atoms with Crippen molar-refractivity contribution in [1.82, 2.24) is 9.03 Å². The van der Waals surface area contributed by atoms with E-state index in [0.29, 0.717) is 19.6 Å². The number of benzene rings is 1. The fraction of sp³-hybridized carbons (Fsp3) is 0.429. The zero-order valence-electron chi connectivity index (χ0n) is 11.9. The third kappa shape index (κ3) is 4.94. The SMILES string of the molecule is CCN(CC)S(=O)(=O)NCc1ccc(C#CCN)cc1. The minimum Gasteiger partial charge on any atom is -0.320 e. The Balaban J connectivity index is 2.66. The van der Waals surface area contributed by atoms with Crippen molar-refractivity contribution in [3.63, 3.8) is 0 Å². The van der Waals surface area contributed by atoms with Crippen molar-refractivity contribution < 1.29 is 8.42 Å². The topological polar surface area (TPSA) is 75.4 Å². The summed E-state index contributed by atoms with van der Waals surface area (Å²) in [4.78, 5) is 0. The number of nitrogens with two attached hydrogens (primary N) is 1. The maximum absolute atomic E-state index is 12.0. The predicted octanol–water partition coefficient (Wildman–Crippen LogP) is 0.673. The fourth-order valence-corrected chi connectivity index (χ4v) is 2.90. The van der Waals surface area contributed by atoms with Crippen LogP contribution in [-0.2, 0) is 16.8 Å². The van der Waals surface area contributed by atoms with Crippen molar-refractivity contribution in [2.45, 2.75) is 20.4 Å². The molecule has 3 N–H and O–H groups in total. The third-order valence-electron chi connectivity index (χ3n) is 2.79. The minimum atomic E-state index is -3.41. The Morgan fingerprint density at radius 2 is 1.80 bits per heavy atom. The Labute approximate surface area is 121 Å². The molecular formula is C14H21N3O2S. The Morgan fingerprint density at radius 1 is 1.20 bits per heavy atom. The summed E-state index contributed by atoms with van der Waals surface area (Å²) in [6.07, 6.45) is 0. The average molecular weight is 295 g/mol. The quantitative estimate of drug-likeness (QED) is 0.758. The van der Waals surface area contributed by atoms with Gasteiger partial charge in [-0.05, 0) is 17.7 Å². The van der Waals surface area contributed by atoms with Crippen molar-refractivity contribution in [2.24, 2.45) is 5.73 Å². The highest BCUT2D eigenvalue weighted by Gasteiger charge is 2.17. The van der Waals surface area contributed by atoms with Gasteiger partial charge in [0.25, 0.3) is 10.2 Å². The van der Waals surface area contributed by atoms with Gasteiger partial charge in [0, 0.05) is 25.2 Å². The monoisotopic (exact) mass is 295 g/mol. The molecule has 0 saturated carbocycles. The van der Waals surface area contributed by atoms with E-state index in [4.69, 9.17) is 5.73 Å². The molecule has 6 heteroatoms. The molecule has 0 saturated heterocycles. The van der Waals surface area contributed by atoms with Crippen LogP contribution in [0.4, 0.5) is 0 Å². The van der Waals surface area contributed by atoms with Gasteiger partial charge in [-0.25, -0.2) is 0 Å². The van der Waals surface area contributed by atoms with Crippen LogP contribution in [0.15, 0.2) is 24.3 Å². The van der Waals surface area contributed by atoms with Gasteiger partial charge in [-0.2, -0.15) is 17.4 Å². The van der Waals surface area contributed by atoms with Gasteiger partial charge < -0.3 is 5.73 Å². The number of hydrogen-bond acceptors (Lipinski definition) is 3. The molecule has 0 aliphatic rings. The predicted molar refractivity (Wildman–Crippen MR) is 81.1 cm³/mol. The van der Waals surface area contributed by atoms with Gasteiger partial charge in [-0.3, -0.25) is 0 Å². The van der Waals surface area contributed by atoms with Crippen LogP contribution in [0.2, 0.25) is 0 Å². The molecule has 0 heterocycles. The molecule has 0 amide bonds. The van der Waals surface area contributed by atoms with Gasteiger partial charge in [-0.1, -0.05) is 37.8 Å². The second kappa shape index (κ2) is 8.02. The lowest BCUT2D eigenvalue weighted by atomic mass is 10.1. The van der Waals surface area contributed by atoms with Crippen LogP contribution in [0, 0.1) is 11.8 Å². The Hall–Kier alpha value is -1.39. The smallest absolute Gasteiger partial charge is 0.279 e. The summed E-state index contributed by atoms with van der Waals surface area (Å²) >= 11 is 0. The van der Waals surface area contributed by atoms with E-state index in [0.717, 1.165) is 11.1 Å². The standard InChI is InChI=1S/C14H21N3O2S/c1-3-17(4-2)20(18,19)16-12-14-9-7-13(8-10-14)6-5-11-15/h7-10,16H,3-4,11-12,15H2,1-2H3. The van der Waals surface area contributed by atoms with Crippen LogP contribution >= 0.6 is 0 Å². The van der Waals surface area contributed by atoms with Crippen LogP contribution in [0.1, 0.15) is 25.0 Å². The zero-order valence-corrected chi connectivity index (χ0v) is 12.7. The Bertz CT molecular complexity index is 567. The highest BCUT2D eigenvalue weighted by atomic mass is 32.2. The van der Waals surface area contributed by atoms with Crippen LogP contribution in [0.5, 0.6) is 0 Å². The summed E-state index contributed by atoms with van der Waals surface area (Å²) < 4.78 is 27.9. The summed E-state index contributed by atoms with van der Waals surface area (Å²) in [5, 5.41) is 0. The Kier molecular flexibility index (Phi) is 6.68. The third-order valence-corrected chi connectivity index (χ3v) is 4.50. The molecule has 0 atom stereocenters. The number of hydrogen-bond donors (Lipinski definition) is 2. The van der Waals surface area contributed by atoms with Gasteiger partial charge >= 0.3 is 0 Å². The second-order valence-corrected chi connectivity index (χ2v) is 5.87. The molecule has 110 valence electrons. The lowest BCUT2D eigenvalue weighted by molar-refractivity contribution is 0.434. The first-order valence-electron chi connectivity index (χ1n) is 6.56. The van der Waals surface area contributed by atoms with E-state index in [1.807, 2.05) is 38.1 Å². The van der Waals surface area contributed by atoms with E-state index < -0.39 is 10.2 Å². The summed E-state index contributed by atoms with van der Waals surface area (Å²) in [6, 6.07) is 7.41. The summed E-state index contributed by atoms with van der Waals surface area (Å²) in [5.41, 5.74) is 7.06. The first-order chi connectivity index (χ1) is 9.53. The molecule has 1 aromatic rings. The maximum Gasteiger partial charge on any atom is 0.279 e. The van der Waals surface area contributed by atoms with Crippen molar-refractivity contribution in [3.05, 3.63) is 35.4 Å². The van der Waals surface area contributed by atoms with Crippen molar-refractivity contribution in [3.8, 4) is 11.8 Å². The second-order valence-electron chi connectivity index (χ2n) is 4.11. The van der Waals surface area contributed by atoms with E-state index in [2.05, 4.69) is 16.6 Å². The van der Waals surface area contributed by atoms with Gasteiger partial charge in [0.15, 0.2) is 0 Å². The van der Waals surface area contributed by atoms with Gasteiger partial charge in [0.1, 0.15) is 0 Å². The minimum absolute atomic E-state index is 0.267. The summed E-state index contributed by atoms with van der Waals surface area (Å²) in [7, 11) is -3.41. The molecule has 0 aromatic heterocycles. The lowest BCUT2D eigenvalue weighted by Crippen LogP contribution is -2.40. The summed E-state index contributed by atoms with van der Waals surface area (Å²) in [5.74, 6) is 5.69. The van der Waals surface area contributed by atoms with Crippen molar-refractivity contribution in [2.75, 3.05) is 19.6 Å². The molecule has 0 radical (unpaired) electrons. The van der Waals surface area contributed by atoms with Gasteiger partial charge in [0.2, 0.25) is 0 Å². The molecule has 0 bridgehead atoms. The number of nitrogens with zero attached hydrogens (tertiary/aromatic N) is 1. The first-order valence-corrected chi connectivity index (χ1v) is 8.00. The molecule has 0 aliphatic carbocycles. The molecular weight excluding hydrogens is 274 g/mol. The van der Waals surface area contributed by atoms with Crippen molar-refractivity contribution in [1.29, 1.82) is 0 Å². The van der Waals surface area contributed by atoms with Crippen LogP contribution in [-0.4, -0.2) is 32.4 Å². The van der Waals surface area contributed by atoms with E-state index >= 15 is 0 Å². The van der Waals surface area contributed by atoms with Crippen molar-refractivity contribution >= 4 is 10.2 Å². The van der Waals surface area contributed by atoms with Crippen LogP contribution in [0.25, 0.3) is 0 Å². The lowest BCUT2D eigenvalue weighted by Gasteiger charge is -2.18. The molecule has 1 rings (SSSR count). The number of nitrogens with one attached hydrogen (secondary N) is 1. The zero-order chi connectivity index (χ0) is 15.0. The molecule has 0 fully saturated rings. The maximum atomic E-state index is 12.0. The van der Waals surface area contributed by atoms with E-state index in [9.17, 15) is 8.42 Å².